The van der Waals surface area contributed by atoms with E-state index >= 15 is 0 Å². The van der Waals surface area contributed by atoms with Gasteiger partial charge in [0, 0.05) is 0 Å². The highest BCUT2D eigenvalue weighted by Gasteiger charge is 2.22. The van der Waals surface area contributed by atoms with Gasteiger partial charge in [0.2, 0.25) is 0 Å². The monoisotopic (exact) mass is 382 g/mol. The highest BCUT2D eigenvalue weighted by atomic mass is 35.5. The first kappa shape index (κ1) is 24.9. The molecule has 8 heteroatoms. The third-order valence-corrected chi connectivity index (χ3v) is 3.05. The van der Waals surface area contributed by atoms with Crippen LogP contribution in [0.2, 0.25) is 0 Å². The Balaban J connectivity index is 0. The average Bonchev–Trinajstić information content (AvgIpc) is 2.48. The van der Waals surface area contributed by atoms with Crippen molar-refractivity contribution in [3.8, 4) is 0 Å². The van der Waals surface area contributed by atoms with Crippen LogP contribution in [0, 0.1) is 0 Å². The molecule has 2 N–H and O–H groups in total. The van der Waals surface area contributed by atoms with Crippen molar-refractivity contribution in [1.82, 2.24) is 0 Å². The molecule has 1 aromatic rings. The van der Waals surface area contributed by atoms with Gasteiger partial charge < -0.3 is 19.7 Å². The molecule has 1 fully saturated rings. The van der Waals surface area contributed by atoms with Crippen molar-refractivity contribution in [2.75, 3.05) is 26.4 Å². The molecule has 1 aromatic carbocycles. The molecule has 2 rings (SSSR count). The van der Waals surface area contributed by atoms with Gasteiger partial charge in [-0.05, 0) is 23.1 Å². The second kappa shape index (κ2) is 11.3. The van der Waals surface area contributed by atoms with Crippen LogP contribution in [0.3, 0.4) is 0 Å². The topological polar surface area (TPSA) is 93.1 Å². The molecule has 0 aliphatic carbocycles. The number of ether oxygens (including phenoxy) is 2. The Hall–Kier alpha value is -1.34. The third kappa shape index (κ3) is 7.97. The molecule has 1 saturated heterocycles. The van der Waals surface area contributed by atoms with Crippen LogP contribution in [-0.2, 0) is 14.9 Å². The molecular formula is C16H24Cl2O6. The Morgan fingerprint density at radius 2 is 1.38 bits per heavy atom. The maximum absolute atomic E-state index is 11.1. The molecule has 6 nitrogen and oxygen atoms in total. The minimum atomic E-state index is -1.12. The van der Waals surface area contributed by atoms with E-state index in [2.05, 4.69) is 0 Å². The number of benzene rings is 1. The zero-order chi connectivity index (χ0) is 16.8. The predicted molar refractivity (Wildman–Crippen MR) is 95.2 cm³/mol. The van der Waals surface area contributed by atoms with Crippen molar-refractivity contribution in [1.29, 1.82) is 0 Å². The van der Waals surface area contributed by atoms with E-state index in [0.717, 1.165) is 26.4 Å². The van der Waals surface area contributed by atoms with Crippen molar-refractivity contribution >= 4 is 36.8 Å². The SMILES string of the molecule is C1COCCO1.CC(C)(C)c1ccc(C(=O)O)cc1C(=O)O.Cl.Cl. The molecule has 0 unspecified atom stereocenters. The normalized spacial score (nSPS) is 13.5. The maximum Gasteiger partial charge on any atom is 0.336 e. The van der Waals surface area contributed by atoms with E-state index in [-0.39, 0.29) is 41.4 Å². The fraction of sp³-hybridized carbons (Fsp3) is 0.500. The Morgan fingerprint density at radius 3 is 1.67 bits per heavy atom. The second-order valence-corrected chi connectivity index (χ2v) is 5.85. The number of hydrogen-bond donors (Lipinski definition) is 2. The quantitative estimate of drug-likeness (QED) is 0.815. The molecule has 1 aliphatic heterocycles. The number of aromatic carboxylic acids is 2. The van der Waals surface area contributed by atoms with Gasteiger partial charge >= 0.3 is 11.9 Å². The summed E-state index contributed by atoms with van der Waals surface area (Å²) < 4.78 is 9.89. The van der Waals surface area contributed by atoms with E-state index in [0.29, 0.717) is 5.56 Å². The Kier molecular flexibility index (Phi) is 11.7. The Bertz CT molecular complexity index is 524. The molecule has 1 heterocycles. The van der Waals surface area contributed by atoms with Crippen molar-refractivity contribution in [3.63, 3.8) is 0 Å². The van der Waals surface area contributed by atoms with Gasteiger partial charge in [-0.3, -0.25) is 0 Å². The molecule has 1 aliphatic rings. The fourth-order valence-corrected chi connectivity index (χ4v) is 1.95. The first-order valence-corrected chi connectivity index (χ1v) is 7.00. The highest BCUT2D eigenvalue weighted by Crippen LogP contribution is 2.26. The maximum atomic E-state index is 11.1. The summed E-state index contributed by atoms with van der Waals surface area (Å²) in [6.07, 6.45) is 0. The summed E-state index contributed by atoms with van der Waals surface area (Å²) in [5.74, 6) is -2.23. The van der Waals surface area contributed by atoms with Crippen molar-refractivity contribution in [3.05, 3.63) is 34.9 Å². The lowest BCUT2D eigenvalue weighted by Gasteiger charge is -2.21. The summed E-state index contributed by atoms with van der Waals surface area (Å²) in [4.78, 5) is 21.8. The summed E-state index contributed by atoms with van der Waals surface area (Å²) in [6.45, 7) is 8.76. The Morgan fingerprint density at radius 1 is 0.917 bits per heavy atom. The number of carboxylic acid groups (broad SMARTS) is 2. The number of halogens is 2. The molecule has 0 spiro atoms. The second-order valence-electron chi connectivity index (χ2n) is 5.85. The summed E-state index contributed by atoms with van der Waals surface area (Å²) >= 11 is 0. The van der Waals surface area contributed by atoms with Gasteiger partial charge in [-0.2, -0.15) is 0 Å². The minimum absolute atomic E-state index is 0. The standard InChI is InChI=1S/C12H14O4.C4H8O2.2ClH/c1-12(2,3)9-5-4-7(10(13)14)6-8(9)11(15)16;1-2-6-4-3-5-1;;/h4-6H,1-3H3,(H,13,14)(H,15,16);1-4H2;2*1H. The van der Waals surface area contributed by atoms with E-state index in [9.17, 15) is 9.59 Å². The molecule has 138 valence electrons. The molecule has 0 radical (unpaired) electrons. The van der Waals surface area contributed by atoms with E-state index in [1.54, 1.807) is 6.07 Å². The van der Waals surface area contributed by atoms with Crippen molar-refractivity contribution in [2.45, 2.75) is 26.2 Å². The molecule has 24 heavy (non-hydrogen) atoms. The largest absolute Gasteiger partial charge is 0.478 e. The molecule has 0 atom stereocenters. The van der Waals surface area contributed by atoms with Crippen molar-refractivity contribution in [2.24, 2.45) is 0 Å². The lowest BCUT2D eigenvalue weighted by molar-refractivity contribution is -0.0334. The highest BCUT2D eigenvalue weighted by molar-refractivity contribution is 5.95. The first-order valence-electron chi connectivity index (χ1n) is 7.00. The van der Waals surface area contributed by atoms with Crippen LogP contribution in [-0.4, -0.2) is 48.6 Å². The summed E-state index contributed by atoms with van der Waals surface area (Å²) in [5.41, 5.74) is 0.341. The van der Waals surface area contributed by atoms with Crippen LogP contribution in [0.1, 0.15) is 47.1 Å². The summed E-state index contributed by atoms with van der Waals surface area (Å²) in [6, 6.07) is 4.19. The van der Waals surface area contributed by atoms with Crippen molar-refractivity contribution < 1.29 is 29.3 Å². The summed E-state index contributed by atoms with van der Waals surface area (Å²) in [5, 5.41) is 17.8. The van der Waals surface area contributed by atoms with Gasteiger partial charge in [0.25, 0.3) is 0 Å². The molecular weight excluding hydrogens is 359 g/mol. The van der Waals surface area contributed by atoms with Crippen LogP contribution >= 0.6 is 24.8 Å². The molecule has 0 saturated carbocycles. The van der Waals surface area contributed by atoms with Gasteiger partial charge in [-0.1, -0.05) is 26.8 Å². The zero-order valence-corrected chi connectivity index (χ0v) is 15.5. The Labute approximate surface area is 154 Å². The number of hydrogen-bond acceptors (Lipinski definition) is 4. The van der Waals surface area contributed by atoms with E-state index < -0.39 is 11.9 Å². The van der Waals surface area contributed by atoms with E-state index in [4.69, 9.17) is 19.7 Å². The van der Waals surface area contributed by atoms with Gasteiger partial charge in [0.05, 0.1) is 37.6 Å². The van der Waals surface area contributed by atoms with Crippen LogP contribution in [0.5, 0.6) is 0 Å². The molecule has 0 aromatic heterocycles. The number of rotatable bonds is 2. The number of carboxylic acids is 2. The fourth-order valence-electron chi connectivity index (χ4n) is 1.95. The van der Waals surface area contributed by atoms with Gasteiger partial charge in [0.1, 0.15) is 0 Å². The van der Waals surface area contributed by atoms with E-state index in [1.807, 2.05) is 20.8 Å². The lowest BCUT2D eigenvalue weighted by Crippen LogP contribution is -2.17. The van der Waals surface area contributed by atoms with Crippen LogP contribution < -0.4 is 0 Å². The lowest BCUT2D eigenvalue weighted by atomic mass is 9.83. The van der Waals surface area contributed by atoms with Crippen LogP contribution in [0.4, 0.5) is 0 Å². The number of carbonyl (C=O) groups is 2. The zero-order valence-electron chi connectivity index (χ0n) is 13.9. The minimum Gasteiger partial charge on any atom is -0.478 e. The molecule has 0 bridgehead atoms. The van der Waals surface area contributed by atoms with Crippen LogP contribution in [0.15, 0.2) is 18.2 Å². The van der Waals surface area contributed by atoms with E-state index in [1.165, 1.54) is 12.1 Å². The van der Waals surface area contributed by atoms with Gasteiger partial charge in [-0.25, -0.2) is 9.59 Å². The smallest absolute Gasteiger partial charge is 0.336 e. The molecule has 0 amide bonds. The van der Waals surface area contributed by atoms with Crippen LogP contribution in [0.25, 0.3) is 0 Å². The van der Waals surface area contributed by atoms with Gasteiger partial charge in [-0.15, -0.1) is 24.8 Å². The first-order chi connectivity index (χ1) is 10.2. The third-order valence-electron chi connectivity index (χ3n) is 3.05. The van der Waals surface area contributed by atoms with Gasteiger partial charge in [0.15, 0.2) is 0 Å². The summed E-state index contributed by atoms with van der Waals surface area (Å²) in [7, 11) is 0. The predicted octanol–water partition coefficient (Wildman–Crippen LogP) is 3.26. The average molecular weight is 383 g/mol.